The van der Waals surface area contributed by atoms with Crippen molar-refractivity contribution in [1.82, 2.24) is 4.98 Å². The Morgan fingerprint density at radius 2 is 2.00 bits per heavy atom. The van der Waals surface area contributed by atoms with Crippen molar-refractivity contribution in [3.8, 4) is 5.88 Å². The first kappa shape index (κ1) is 22.2. The van der Waals surface area contributed by atoms with Crippen molar-refractivity contribution in [1.29, 1.82) is 0 Å². The molecule has 0 spiro atoms. The second-order valence-corrected chi connectivity index (χ2v) is 9.40. The zero-order chi connectivity index (χ0) is 19.6. The normalized spacial score (nSPS) is 16.7. The van der Waals surface area contributed by atoms with Crippen molar-refractivity contribution < 1.29 is 14.3 Å². The van der Waals surface area contributed by atoms with Gasteiger partial charge in [0.25, 0.3) is 0 Å². The van der Waals surface area contributed by atoms with E-state index in [-0.39, 0.29) is 11.2 Å². The van der Waals surface area contributed by atoms with Crippen molar-refractivity contribution in [2.75, 3.05) is 25.6 Å². The van der Waals surface area contributed by atoms with Gasteiger partial charge in [0, 0.05) is 43.1 Å². The molecule has 1 atom stereocenters. The quantitative estimate of drug-likeness (QED) is 0.509. The average Bonchev–Trinajstić information content (AvgIpc) is 2.66. The molecule has 1 aliphatic heterocycles. The van der Waals surface area contributed by atoms with E-state index in [1.807, 2.05) is 37.9 Å². The highest BCUT2D eigenvalue weighted by atomic mass is 32.2. The Morgan fingerprint density at radius 1 is 1.26 bits per heavy atom. The van der Waals surface area contributed by atoms with Crippen LogP contribution in [-0.2, 0) is 9.53 Å². The lowest BCUT2D eigenvalue weighted by molar-refractivity contribution is -0.121. The summed E-state index contributed by atoms with van der Waals surface area (Å²) in [6.07, 6.45) is 5.78. The number of carbonyl (C=O) groups is 1. The van der Waals surface area contributed by atoms with Gasteiger partial charge < -0.3 is 9.47 Å². The largest absolute Gasteiger partial charge is 0.478 e. The van der Waals surface area contributed by atoms with E-state index in [0.29, 0.717) is 36.5 Å². The fraction of sp³-hybridized carbons (Fsp3) is 0.727. The van der Waals surface area contributed by atoms with Crippen LogP contribution in [0.2, 0.25) is 0 Å². The van der Waals surface area contributed by atoms with Crippen molar-refractivity contribution in [3.63, 3.8) is 0 Å². The van der Waals surface area contributed by atoms with E-state index in [9.17, 15) is 4.79 Å². The first-order chi connectivity index (χ1) is 13.0. The lowest BCUT2D eigenvalue weighted by Crippen LogP contribution is -2.18. The molecule has 1 aliphatic rings. The van der Waals surface area contributed by atoms with E-state index < -0.39 is 0 Å². The van der Waals surface area contributed by atoms with Crippen LogP contribution in [0.1, 0.15) is 64.2 Å². The number of nitrogens with zero attached hydrogens (tertiary/aromatic N) is 1. The van der Waals surface area contributed by atoms with Crippen LogP contribution in [0.15, 0.2) is 18.3 Å². The van der Waals surface area contributed by atoms with Gasteiger partial charge in [0.05, 0.1) is 6.61 Å². The molecule has 5 heteroatoms. The molecule has 0 amide bonds. The molecule has 1 aromatic rings. The van der Waals surface area contributed by atoms with Gasteiger partial charge in [-0.15, -0.1) is 0 Å². The lowest BCUT2D eigenvalue weighted by Gasteiger charge is -2.21. The minimum Gasteiger partial charge on any atom is -0.478 e. The third-order valence-electron chi connectivity index (χ3n) is 4.91. The summed E-state index contributed by atoms with van der Waals surface area (Å²) in [7, 11) is 0. The van der Waals surface area contributed by atoms with Crippen LogP contribution in [-0.4, -0.2) is 36.3 Å². The molecule has 2 heterocycles. The molecule has 1 fully saturated rings. The lowest BCUT2D eigenvalue weighted by atomic mass is 9.97. The van der Waals surface area contributed by atoms with Gasteiger partial charge in [0.1, 0.15) is 5.78 Å². The van der Waals surface area contributed by atoms with E-state index >= 15 is 0 Å². The highest BCUT2D eigenvalue weighted by molar-refractivity contribution is 7.99. The van der Waals surface area contributed by atoms with Crippen LogP contribution in [0.5, 0.6) is 5.88 Å². The molecule has 4 nitrogen and oxygen atoms in total. The monoisotopic (exact) mass is 393 g/mol. The van der Waals surface area contributed by atoms with Crippen molar-refractivity contribution >= 4 is 17.5 Å². The molecule has 152 valence electrons. The van der Waals surface area contributed by atoms with E-state index in [1.54, 1.807) is 0 Å². The van der Waals surface area contributed by atoms with Gasteiger partial charge in [-0.25, -0.2) is 4.98 Å². The molecule has 1 saturated heterocycles. The predicted octanol–water partition coefficient (Wildman–Crippen LogP) is 5.32. The third kappa shape index (κ3) is 8.22. The molecule has 1 aromatic heterocycles. The minimum atomic E-state index is 0.0768. The van der Waals surface area contributed by atoms with Gasteiger partial charge in [-0.2, -0.15) is 11.8 Å². The van der Waals surface area contributed by atoms with Crippen molar-refractivity contribution in [2.45, 2.75) is 58.6 Å². The number of Topliss-reactive ketones (excluding diaryl/α,β-unsaturated/α-hetero) is 1. The smallest absolute Gasteiger partial charge is 0.213 e. The summed E-state index contributed by atoms with van der Waals surface area (Å²) in [4.78, 5) is 16.8. The van der Waals surface area contributed by atoms with Crippen LogP contribution in [0.3, 0.4) is 0 Å². The topological polar surface area (TPSA) is 48.4 Å². The molecular weight excluding hydrogens is 358 g/mol. The highest BCUT2D eigenvalue weighted by Gasteiger charge is 2.20. The standard InChI is InChI=1S/C22H35NO3S/c1-16(2)15-27-21(13-20(24)17(3)4)19-5-6-22(23-14-19)26-12-9-18-7-10-25-11-8-18/h5-6,14,16-18,21H,7-13,15H2,1-4H3. The van der Waals surface area contributed by atoms with Gasteiger partial charge in [-0.05, 0) is 42.4 Å². The highest BCUT2D eigenvalue weighted by Crippen LogP contribution is 2.34. The number of pyridine rings is 1. The van der Waals surface area contributed by atoms with Gasteiger partial charge in [0.15, 0.2) is 0 Å². The summed E-state index contributed by atoms with van der Waals surface area (Å²) < 4.78 is 11.2. The molecule has 27 heavy (non-hydrogen) atoms. The van der Waals surface area contributed by atoms with Gasteiger partial charge >= 0.3 is 0 Å². The SMILES string of the molecule is CC(C)CSC(CC(=O)C(C)C)c1ccc(OCCC2CCOCC2)nc1. The zero-order valence-corrected chi connectivity index (χ0v) is 18.1. The van der Waals surface area contributed by atoms with Crippen LogP contribution in [0, 0.1) is 17.8 Å². The van der Waals surface area contributed by atoms with Crippen LogP contribution in [0.4, 0.5) is 0 Å². The molecule has 0 saturated carbocycles. The zero-order valence-electron chi connectivity index (χ0n) is 17.3. The van der Waals surface area contributed by atoms with Crippen LogP contribution >= 0.6 is 11.8 Å². The Bertz CT molecular complexity index is 553. The van der Waals surface area contributed by atoms with Gasteiger partial charge in [-0.1, -0.05) is 33.8 Å². The van der Waals surface area contributed by atoms with Crippen molar-refractivity contribution in [2.24, 2.45) is 17.8 Å². The summed E-state index contributed by atoms with van der Waals surface area (Å²) in [5.74, 6) is 3.41. The fourth-order valence-corrected chi connectivity index (χ4v) is 4.26. The summed E-state index contributed by atoms with van der Waals surface area (Å²) in [6, 6.07) is 4.02. The predicted molar refractivity (Wildman–Crippen MR) is 112 cm³/mol. The van der Waals surface area contributed by atoms with Crippen LogP contribution < -0.4 is 4.74 Å². The molecule has 0 aromatic carbocycles. The molecule has 0 radical (unpaired) electrons. The fourth-order valence-electron chi connectivity index (χ4n) is 3.03. The molecular formula is C22H35NO3S. The van der Waals surface area contributed by atoms with E-state index in [4.69, 9.17) is 9.47 Å². The molecule has 2 rings (SSSR count). The molecule has 0 bridgehead atoms. The Hall–Kier alpha value is -1.07. The Kier molecular flexibility index (Phi) is 9.63. The maximum atomic E-state index is 12.3. The Morgan fingerprint density at radius 3 is 2.59 bits per heavy atom. The number of aromatic nitrogens is 1. The molecule has 0 N–H and O–H groups in total. The van der Waals surface area contributed by atoms with Crippen LogP contribution in [0.25, 0.3) is 0 Å². The van der Waals surface area contributed by atoms with Gasteiger partial charge in [-0.3, -0.25) is 4.79 Å². The Labute approximate surface area is 168 Å². The number of ketones is 1. The van der Waals surface area contributed by atoms with E-state index in [2.05, 4.69) is 24.9 Å². The number of thioether (sulfide) groups is 1. The number of rotatable bonds is 11. The second kappa shape index (κ2) is 11.7. The molecule has 1 unspecified atom stereocenters. The van der Waals surface area contributed by atoms with E-state index in [0.717, 1.165) is 43.8 Å². The van der Waals surface area contributed by atoms with Gasteiger partial charge in [0.2, 0.25) is 5.88 Å². The first-order valence-corrected chi connectivity index (χ1v) is 11.3. The first-order valence-electron chi connectivity index (χ1n) is 10.3. The molecule has 0 aliphatic carbocycles. The number of carbonyl (C=O) groups excluding carboxylic acids is 1. The van der Waals surface area contributed by atoms with Crippen molar-refractivity contribution in [3.05, 3.63) is 23.9 Å². The maximum Gasteiger partial charge on any atom is 0.213 e. The second-order valence-electron chi connectivity index (χ2n) is 8.16. The summed E-state index contributed by atoms with van der Waals surface area (Å²) in [6.45, 7) is 10.8. The number of hydrogen-bond donors (Lipinski definition) is 0. The number of ether oxygens (including phenoxy) is 2. The summed E-state index contributed by atoms with van der Waals surface area (Å²) >= 11 is 1.86. The minimum absolute atomic E-state index is 0.0768. The summed E-state index contributed by atoms with van der Waals surface area (Å²) in [5.41, 5.74) is 1.12. The van der Waals surface area contributed by atoms with E-state index in [1.165, 1.54) is 0 Å². The summed E-state index contributed by atoms with van der Waals surface area (Å²) in [5, 5.41) is 0.172. The Balaban J connectivity index is 1.88. The third-order valence-corrected chi connectivity index (χ3v) is 6.61. The maximum absolute atomic E-state index is 12.3. The average molecular weight is 394 g/mol. The number of hydrogen-bond acceptors (Lipinski definition) is 5.